The summed E-state index contributed by atoms with van der Waals surface area (Å²) in [5.74, 6) is 2.31. The molecule has 2 aromatic carbocycles. The lowest BCUT2D eigenvalue weighted by atomic mass is 9.99. The van der Waals surface area contributed by atoms with Crippen LogP contribution in [0.4, 0.5) is 0 Å². The molecule has 3 aromatic rings. The molecule has 0 aliphatic rings. The number of rotatable bonds is 7. The zero-order chi connectivity index (χ0) is 19.1. The lowest BCUT2D eigenvalue weighted by molar-refractivity contribution is 0.684. The van der Waals surface area contributed by atoms with E-state index in [2.05, 4.69) is 69.8 Å². The molecule has 28 heavy (non-hydrogen) atoms. The van der Waals surface area contributed by atoms with Gasteiger partial charge in [-0.3, -0.25) is 4.99 Å². The van der Waals surface area contributed by atoms with E-state index in [4.69, 9.17) is 0 Å². The number of aliphatic imine (C=N–C) groups is 1. The number of halogens is 1. The molecule has 1 aromatic heterocycles. The van der Waals surface area contributed by atoms with Gasteiger partial charge < -0.3 is 15.6 Å². The Balaban J connectivity index is 0.00000280. The van der Waals surface area contributed by atoms with Crippen LogP contribution in [0.15, 0.2) is 53.5 Å². The van der Waals surface area contributed by atoms with Crippen molar-refractivity contribution in [1.29, 1.82) is 0 Å². The van der Waals surface area contributed by atoms with E-state index in [-0.39, 0.29) is 24.0 Å². The van der Waals surface area contributed by atoms with Crippen LogP contribution in [0.1, 0.15) is 36.2 Å². The fourth-order valence-electron chi connectivity index (χ4n) is 3.15. The Morgan fingerprint density at radius 1 is 1.14 bits per heavy atom. The molecule has 0 amide bonds. The number of imidazole rings is 1. The van der Waals surface area contributed by atoms with Gasteiger partial charge in [0.15, 0.2) is 5.96 Å². The number of aryl methyl sites for hydroxylation is 2. The van der Waals surface area contributed by atoms with Gasteiger partial charge in [0.25, 0.3) is 0 Å². The first-order chi connectivity index (χ1) is 13.2. The Hall–Kier alpha value is -2.09. The molecule has 1 atom stereocenters. The van der Waals surface area contributed by atoms with E-state index in [1.165, 1.54) is 11.1 Å². The molecule has 0 fully saturated rings. The molecular weight excluding hydrogens is 461 g/mol. The first-order valence-electron chi connectivity index (χ1n) is 9.60. The zero-order valence-corrected chi connectivity index (χ0v) is 19.2. The lowest BCUT2D eigenvalue weighted by Gasteiger charge is -2.16. The molecule has 150 valence electrons. The Labute approximate surface area is 184 Å². The van der Waals surface area contributed by atoms with Crippen molar-refractivity contribution in [3.05, 3.63) is 65.5 Å². The van der Waals surface area contributed by atoms with Crippen LogP contribution in [-0.2, 0) is 6.42 Å². The third kappa shape index (κ3) is 6.22. The molecule has 3 N–H and O–H groups in total. The Bertz CT molecular complexity index is 870. The van der Waals surface area contributed by atoms with Crippen LogP contribution in [0, 0.1) is 6.92 Å². The highest BCUT2D eigenvalue weighted by Crippen LogP contribution is 2.15. The number of aromatic nitrogens is 2. The molecule has 0 spiro atoms. The molecule has 1 heterocycles. The molecule has 0 radical (unpaired) electrons. The number of para-hydroxylation sites is 2. The van der Waals surface area contributed by atoms with Gasteiger partial charge in [-0.15, -0.1) is 24.0 Å². The Morgan fingerprint density at radius 2 is 1.96 bits per heavy atom. The largest absolute Gasteiger partial charge is 0.356 e. The number of nitrogens with zero attached hydrogens (tertiary/aromatic N) is 2. The maximum Gasteiger partial charge on any atom is 0.190 e. The average Bonchev–Trinajstić information content (AvgIpc) is 3.10. The second-order valence-electron chi connectivity index (χ2n) is 7.00. The monoisotopic (exact) mass is 491 g/mol. The summed E-state index contributed by atoms with van der Waals surface area (Å²) in [7, 11) is 1.81. The second-order valence-corrected chi connectivity index (χ2v) is 7.00. The van der Waals surface area contributed by atoms with Crippen molar-refractivity contribution >= 4 is 41.0 Å². The van der Waals surface area contributed by atoms with E-state index in [1.54, 1.807) is 0 Å². The van der Waals surface area contributed by atoms with E-state index >= 15 is 0 Å². The number of benzene rings is 2. The van der Waals surface area contributed by atoms with E-state index in [0.717, 1.165) is 48.7 Å². The Morgan fingerprint density at radius 3 is 2.71 bits per heavy atom. The predicted molar refractivity (Wildman–Crippen MR) is 129 cm³/mol. The van der Waals surface area contributed by atoms with E-state index in [1.807, 2.05) is 25.2 Å². The molecule has 5 nitrogen and oxygen atoms in total. The van der Waals surface area contributed by atoms with Crippen LogP contribution >= 0.6 is 24.0 Å². The van der Waals surface area contributed by atoms with Crippen LogP contribution in [0.25, 0.3) is 11.0 Å². The molecular formula is C22H30IN5. The maximum absolute atomic E-state index is 4.62. The molecule has 6 heteroatoms. The number of nitrogens with one attached hydrogen (secondary N) is 3. The standard InChI is InChI=1S/C22H29N5.HI/c1-16-8-6-9-18(14-16)17(2)15-25-22(23-3)24-13-7-12-21-26-19-10-4-5-11-20(19)27-21;/h4-6,8-11,14,17H,7,12-13,15H2,1-3H3,(H,26,27)(H2,23,24,25);1H. The van der Waals surface area contributed by atoms with Crippen molar-refractivity contribution in [2.75, 3.05) is 20.1 Å². The predicted octanol–water partition coefficient (Wildman–Crippen LogP) is 4.39. The van der Waals surface area contributed by atoms with Gasteiger partial charge in [-0.2, -0.15) is 0 Å². The summed E-state index contributed by atoms with van der Waals surface area (Å²) in [6.07, 6.45) is 1.91. The lowest BCUT2D eigenvalue weighted by Crippen LogP contribution is -2.39. The van der Waals surface area contributed by atoms with E-state index < -0.39 is 0 Å². The summed E-state index contributed by atoms with van der Waals surface area (Å²) in [6, 6.07) is 16.8. The SMILES string of the molecule is CN=C(NCCCc1nc2ccccc2[nH]1)NCC(C)c1cccc(C)c1.I. The molecule has 1 unspecified atom stereocenters. The first kappa shape index (κ1) is 22.2. The van der Waals surface area contributed by atoms with E-state index in [9.17, 15) is 0 Å². The molecule has 0 aliphatic carbocycles. The number of H-pyrrole nitrogens is 1. The summed E-state index contributed by atoms with van der Waals surface area (Å²) in [5.41, 5.74) is 4.78. The van der Waals surface area contributed by atoms with Crippen molar-refractivity contribution < 1.29 is 0 Å². The minimum Gasteiger partial charge on any atom is -0.356 e. The fraction of sp³-hybridized carbons (Fsp3) is 0.364. The van der Waals surface area contributed by atoms with Gasteiger partial charge >= 0.3 is 0 Å². The van der Waals surface area contributed by atoms with Crippen LogP contribution in [-0.4, -0.2) is 36.1 Å². The minimum atomic E-state index is 0. The quantitative estimate of drug-likeness (QED) is 0.199. The number of hydrogen-bond donors (Lipinski definition) is 3. The molecule has 0 bridgehead atoms. The van der Waals surface area contributed by atoms with Gasteiger partial charge in [-0.1, -0.05) is 48.9 Å². The van der Waals surface area contributed by atoms with Crippen molar-refractivity contribution in [2.45, 2.75) is 32.6 Å². The highest BCUT2D eigenvalue weighted by molar-refractivity contribution is 14.0. The molecule has 0 saturated carbocycles. The van der Waals surface area contributed by atoms with Crippen LogP contribution in [0.2, 0.25) is 0 Å². The molecule has 0 aliphatic heterocycles. The molecule has 0 saturated heterocycles. The number of guanidine groups is 1. The summed E-state index contributed by atoms with van der Waals surface area (Å²) < 4.78 is 0. The zero-order valence-electron chi connectivity index (χ0n) is 16.8. The van der Waals surface area contributed by atoms with Crippen molar-refractivity contribution in [3.8, 4) is 0 Å². The fourth-order valence-corrected chi connectivity index (χ4v) is 3.15. The summed E-state index contributed by atoms with van der Waals surface area (Å²) in [6.45, 7) is 6.07. The van der Waals surface area contributed by atoms with Crippen molar-refractivity contribution in [1.82, 2.24) is 20.6 Å². The number of fused-ring (bicyclic) bond motifs is 1. The van der Waals surface area contributed by atoms with Gasteiger partial charge in [0.05, 0.1) is 11.0 Å². The third-order valence-corrected chi connectivity index (χ3v) is 4.73. The summed E-state index contributed by atoms with van der Waals surface area (Å²) in [5, 5.41) is 6.81. The number of aromatic amines is 1. The van der Waals surface area contributed by atoms with Crippen molar-refractivity contribution in [3.63, 3.8) is 0 Å². The topological polar surface area (TPSA) is 65.1 Å². The van der Waals surface area contributed by atoms with Gasteiger partial charge in [0, 0.05) is 26.6 Å². The maximum atomic E-state index is 4.62. The van der Waals surface area contributed by atoms with E-state index in [0.29, 0.717) is 5.92 Å². The van der Waals surface area contributed by atoms with Crippen molar-refractivity contribution in [2.24, 2.45) is 4.99 Å². The van der Waals surface area contributed by atoms with Crippen LogP contribution < -0.4 is 10.6 Å². The third-order valence-electron chi connectivity index (χ3n) is 4.73. The number of hydrogen-bond acceptors (Lipinski definition) is 2. The van der Waals surface area contributed by atoms with Gasteiger partial charge in [0.2, 0.25) is 0 Å². The van der Waals surface area contributed by atoms with Gasteiger partial charge in [-0.25, -0.2) is 4.98 Å². The van der Waals surface area contributed by atoms with Gasteiger partial charge in [-0.05, 0) is 37.0 Å². The minimum absolute atomic E-state index is 0. The highest BCUT2D eigenvalue weighted by atomic mass is 127. The second kappa shape index (κ2) is 11.0. The first-order valence-corrected chi connectivity index (χ1v) is 9.60. The summed E-state index contributed by atoms with van der Waals surface area (Å²) >= 11 is 0. The van der Waals surface area contributed by atoms with Crippen LogP contribution in [0.5, 0.6) is 0 Å². The van der Waals surface area contributed by atoms with Crippen LogP contribution in [0.3, 0.4) is 0 Å². The highest BCUT2D eigenvalue weighted by Gasteiger charge is 2.07. The average molecular weight is 491 g/mol. The Kier molecular flexibility index (Phi) is 8.76. The summed E-state index contributed by atoms with van der Waals surface area (Å²) in [4.78, 5) is 12.3. The van der Waals surface area contributed by atoms with Gasteiger partial charge in [0.1, 0.15) is 5.82 Å². The molecule has 3 rings (SSSR count). The normalized spacial score (nSPS) is 12.5. The smallest absolute Gasteiger partial charge is 0.190 e.